The number of rotatable bonds is 4. The largest absolute Gasteiger partial charge is 0.324 e. The van der Waals surface area contributed by atoms with Crippen molar-refractivity contribution in [2.45, 2.75) is 23.3 Å². The summed E-state index contributed by atoms with van der Waals surface area (Å²) in [6.07, 6.45) is 5.48. The van der Waals surface area contributed by atoms with E-state index >= 15 is 0 Å². The van der Waals surface area contributed by atoms with Gasteiger partial charge in [-0.05, 0) is 48.9 Å². The minimum absolute atomic E-state index is 0.0549. The molecule has 0 atom stereocenters. The van der Waals surface area contributed by atoms with E-state index in [4.69, 9.17) is 0 Å². The monoisotopic (exact) mass is 362 g/mol. The highest BCUT2D eigenvalue weighted by atomic mass is 79.9. The Bertz CT molecular complexity index is 668. The van der Waals surface area contributed by atoms with Gasteiger partial charge in [0.05, 0.1) is 22.3 Å². The molecule has 3 nitrogen and oxygen atoms in total. The van der Waals surface area contributed by atoms with Crippen LogP contribution in [0, 0.1) is 0 Å². The molecule has 3 rings (SSSR count). The van der Waals surface area contributed by atoms with E-state index in [9.17, 15) is 4.79 Å². The maximum Gasteiger partial charge on any atom is 0.235 e. The van der Waals surface area contributed by atoms with Crippen LogP contribution < -0.4 is 5.32 Å². The number of pyridine rings is 1. The molecule has 1 N–H and O–H groups in total. The summed E-state index contributed by atoms with van der Waals surface area (Å²) in [5, 5.41) is 3.93. The Kier molecular flexibility index (Phi) is 4.04. The fourth-order valence-electron chi connectivity index (χ4n) is 2.38. The summed E-state index contributed by atoms with van der Waals surface area (Å²) < 4.78 is 1.00. The molecule has 1 saturated carbocycles. The number of carbonyl (C=O) groups excluding carboxylic acids is 1. The Morgan fingerprint density at radius 2 is 2.14 bits per heavy atom. The third-order valence-corrected chi connectivity index (χ3v) is 4.92. The standard InChI is InChI=1S/C16H15BrN2OS/c1-21-14-6-5-13(10-18-14)19-15(20)16(7-8-16)11-3-2-4-12(17)9-11/h2-6,9-10H,7-8H2,1H3,(H,19,20). The molecule has 21 heavy (non-hydrogen) atoms. The second-order valence-electron chi connectivity index (χ2n) is 5.14. The number of benzene rings is 1. The molecular weight excluding hydrogens is 348 g/mol. The second-order valence-corrected chi connectivity index (χ2v) is 6.88. The first-order chi connectivity index (χ1) is 10.1. The molecule has 108 valence electrons. The molecule has 0 radical (unpaired) electrons. The lowest BCUT2D eigenvalue weighted by Crippen LogP contribution is -2.27. The molecule has 1 aromatic carbocycles. The molecule has 1 aliphatic carbocycles. The number of nitrogens with zero attached hydrogens (tertiary/aromatic N) is 1. The van der Waals surface area contributed by atoms with E-state index < -0.39 is 0 Å². The van der Waals surface area contributed by atoms with E-state index in [1.165, 1.54) is 0 Å². The zero-order chi connectivity index (χ0) is 14.9. The van der Waals surface area contributed by atoms with Gasteiger partial charge in [0, 0.05) is 4.47 Å². The van der Waals surface area contributed by atoms with Crippen LogP contribution in [0.15, 0.2) is 52.1 Å². The molecule has 0 unspecified atom stereocenters. The molecule has 1 aromatic heterocycles. The van der Waals surface area contributed by atoms with Gasteiger partial charge in [0.1, 0.15) is 0 Å². The third kappa shape index (κ3) is 2.99. The zero-order valence-corrected chi connectivity index (χ0v) is 14.0. The molecule has 1 amide bonds. The average Bonchev–Trinajstić information content (AvgIpc) is 3.30. The van der Waals surface area contributed by atoms with Gasteiger partial charge >= 0.3 is 0 Å². The molecule has 1 heterocycles. The van der Waals surface area contributed by atoms with Gasteiger partial charge in [-0.15, -0.1) is 11.8 Å². The average molecular weight is 363 g/mol. The SMILES string of the molecule is CSc1ccc(NC(=O)C2(c3cccc(Br)c3)CC2)cn1. The molecular formula is C16H15BrN2OS. The van der Waals surface area contributed by atoms with Crippen molar-refractivity contribution in [3.8, 4) is 0 Å². The van der Waals surface area contributed by atoms with Gasteiger partial charge in [-0.3, -0.25) is 4.79 Å². The van der Waals surface area contributed by atoms with Crippen molar-refractivity contribution in [3.63, 3.8) is 0 Å². The molecule has 1 fully saturated rings. The number of anilines is 1. The van der Waals surface area contributed by atoms with Gasteiger partial charge in [-0.1, -0.05) is 28.1 Å². The highest BCUT2D eigenvalue weighted by Gasteiger charge is 2.51. The van der Waals surface area contributed by atoms with Crippen molar-refractivity contribution >= 4 is 39.3 Å². The first-order valence-corrected chi connectivity index (χ1v) is 8.73. The fraction of sp³-hybridized carbons (Fsp3) is 0.250. The zero-order valence-electron chi connectivity index (χ0n) is 11.6. The molecule has 0 aliphatic heterocycles. The van der Waals surface area contributed by atoms with Gasteiger partial charge in [-0.25, -0.2) is 4.98 Å². The van der Waals surface area contributed by atoms with E-state index in [0.29, 0.717) is 0 Å². The quantitative estimate of drug-likeness (QED) is 0.827. The Hall–Kier alpha value is -1.33. The summed E-state index contributed by atoms with van der Waals surface area (Å²) in [6.45, 7) is 0. The smallest absolute Gasteiger partial charge is 0.235 e. The number of halogens is 1. The summed E-state index contributed by atoms with van der Waals surface area (Å²) in [5.74, 6) is 0.0549. The van der Waals surface area contributed by atoms with Crippen LogP contribution in [0.25, 0.3) is 0 Å². The van der Waals surface area contributed by atoms with Crippen molar-refractivity contribution < 1.29 is 4.79 Å². The van der Waals surface area contributed by atoms with E-state index in [0.717, 1.165) is 33.6 Å². The van der Waals surface area contributed by atoms with Crippen LogP contribution in [-0.4, -0.2) is 17.1 Å². The summed E-state index contributed by atoms with van der Waals surface area (Å²) >= 11 is 5.05. The van der Waals surface area contributed by atoms with Gasteiger partial charge in [-0.2, -0.15) is 0 Å². The van der Waals surface area contributed by atoms with Gasteiger partial charge in [0.25, 0.3) is 0 Å². The first-order valence-electron chi connectivity index (χ1n) is 6.72. The Labute approximate surface area is 136 Å². The topological polar surface area (TPSA) is 42.0 Å². The molecule has 0 bridgehead atoms. The third-order valence-electron chi connectivity index (χ3n) is 3.77. The minimum Gasteiger partial charge on any atom is -0.324 e. The number of amides is 1. The van der Waals surface area contributed by atoms with Crippen LogP contribution >= 0.6 is 27.7 Å². The van der Waals surface area contributed by atoms with Gasteiger partial charge in [0.15, 0.2) is 0 Å². The van der Waals surface area contributed by atoms with Crippen LogP contribution in [0.1, 0.15) is 18.4 Å². The second kappa shape index (κ2) is 5.81. The summed E-state index contributed by atoms with van der Waals surface area (Å²) in [4.78, 5) is 16.9. The van der Waals surface area contributed by atoms with E-state index in [-0.39, 0.29) is 11.3 Å². The van der Waals surface area contributed by atoms with Crippen LogP contribution in [0.5, 0.6) is 0 Å². The molecule has 0 saturated heterocycles. The first kappa shape index (κ1) is 14.6. The van der Waals surface area contributed by atoms with Gasteiger partial charge in [0.2, 0.25) is 5.91 Å². The van der Waals surface area contributed by atoms with E-state index in [1.54, 1.807) is 18.0 Å². The molecule has 2 aromatic rings. The maximum atomic E-state index is 12.6. The van der Waals surface area contributed by atoms with Crippen molar-refractivity contribution in [1.82, 2.24) is 4.98 Å². The highest BCUT2D eigenvalue weighted by molar-refractivity contribution is 9.10. The minimum atomic E-state index is -0.373. The number of hydrogen-bond donors (Lipinski definition) is 1. The van der Waals surface area contributed by atoms with Crippen molar-refractivity contribution in [3.05, 3.63) is 52.6 Å². The molecule has 5 heteroatoms. The van der Waals surface area contributed by atoms with Gasteiger partial charge < -0.3 is 5.32 Å². The predicted octanol–water partition coefficient (Wildman–Crippen LogP) is 4.24. The van der Waals surface area contributed by atoms with E-state index in [1.807, 2.05) is 42.7 Å². The number of thioether (sulfide) groups is 1. The predicted molar refractivity (Wildman–Crippen MR) is 89.7 cm³/mol. The molecule has 1 aliphatic rings. The summed E-state index contributed by atoms with van der Waals surface area (Å²) in [6, 6.07) is 11.8. The van der Waals surface area contributed by atoms with E-state index in [2.05, 4.69) is 26.2 Å². The number of carbonyl (C=O) groups is 1. The summed E-state index contributed by atoms with van der Waals surface area (Å²) in [5.41, 5.74) is 1.45. The Morgan fingerprint density at radius 1 is 1.33 bits per heavy atom. The Balaban J connectivity index is 1.78. The van der Waals surface area contributed by atoms with Crippen LogP contribution in [-0.2, 0) is 10.2 Å². The fourth-order valence-corrected chi connectivity index (χ4v) is 3.15. The lowest BCUT2D eigenvalue weighted by Gasteiger charge is -2.16. The Morgan fingerprint density at radius 3 is 2.71 bits per heavy atom. The van der Waals surface area contributed by atoms with Crippen LogP contribution in [0.4, 0.5) is 5.69 Å². The summed E-state index contributed by atoms with van der Waals surface area (Å²) in [7, 11) is 0. The number of nitrogens with one attached hydrogen (secondary N) is 1. The van der Waals surface area contributed by atoms with Crippen molar-refractivity contribution in [1.29, 1.82) is 0 Å². The molecule has 0 spiro atoms. The number of hydrogen-bond acceptors (Lipinski definition) is 3. The van der Waals surface area contributed by atoms with Crippen LogP contribution in [0.2, 0.25) is 0 Å². The normalized spacial score (nSPS) is 15.5. The number of aromatic nitrogens is 1. The lowest BCUT2D eigenvalue weighted by atomic mass is 9.95. The van der Waals surface area contributed by atoms with Crippen molar-refractivity contribution in [2.24, 2.45) is 0 Å². The van der Waals surface area contributed by atoms with Crippen LogP contribution in [0.3, 0.4) is 0 Å². The highest BCUT2D eigenvalue weighted by Crippen LogP contribution is 2.49. The lowest BCUT2D eigenvalue weighted by molar-refractivity contribution is -0.118. The maximum absolute atomic E-state index is 12.6. The van der Waals surface area contributed by atoms with Crippen molar-refractivity contribution in [2.75, 3.05) is 11.6 Å².